The fraction of sp³-hybridized carbons (Fsp3) is 0.300. The van der Waals surface area contributed by atoms with Crippen molar-refractivity contribution in [2.75, 3.05) is 0 Å². The van der Waals surface area contributed by atoms with E-state index in [4.69, 9.17) is 4.74 Å². The molecule has 86 valence electrons. The summed E-state index contributed by atoms with van der Waals surface area (Å²) in [6.07, 6.45) is -0.627. The Morgan fingerprint density at radius 1 is 1.56 bits per heavy atom. The largest absolute Gasteiger partial charge is 0.482 e. The van der Waals surface area contributed by atoms with Gasteiger partial charge in [0.25, 0.3) is 5.69 Å². The van der Waals surface area contributed by atoms with Gasteiger partial charge in [0.2, 0.25) is 0 Å². The highest BCUT2D eigenvalue weighted by Gasteiger charge is 2.18. The molecule has 0 saturated heterocycles. The highest BCUT2D eigenvalue weighted by molar-refractivity contribution is 9.10. The molecule has 1 aromatic rings. The third-order valence-electron chi connectivity index (χ3n) is 2.02. The summed E-state index contributed by atoms with van der Waals surface area (Å²) in [4.78, 5) is 21.1. The third-order valence-corrected chi connectivity index (χ3v) is 2.81. The van der Waals surface area contributed by atoms with Crippen molar-refractivity contribution in [2.45, 2.75) is 20.0 Å². The molecular weight excluding hydrogens is 278 g/mol. The lowest BCUT2D eigenvalue weighted by Gasteiger charge is -2.12. The molecule has 0 fully saturated rings. The Labute approximate surface area is 101 Å². The topological polar surface area (TPSA) is 69.4 Å². The number of Topliss-reactive ketones (excluding diaryl/α,β-unsaturated/α-hetero) is 1. The number of nitro groups is 1. The van der Waals surface area contributed by atoms with Crippen molar-refractivity contribution in [2.24, 2.45) is 0 Å². The van der Waals surface area contributed by atoms with E-state index in [1.807, 2.05) is 0 Å². The molecule has 1 aromatic carbocycles. The summed E-state index contributed by atoms with van der Waals surface area (Å²) in [7, 11) is 0. The molecule has 0 spiro atoms. The molecule has 0 amide bonds. The van der Waals surface area contributed by atoms with Crippen LogP contribution in [0.1, 0.15) is 13.8 Å². The second-order valence-electron chi connectivity index (χ2n) is 3.22. The van der Waals surface area contributed by atoms with Crippen molar-refractivity contribution in [3.63, 3.8) is 0 Å². The van der Waals surface area contributed by atoms with Crippen LogP contribution in [0.5, 0.6) is 5.75 Å². The standard InChI is InChI=1S/C10H10BrNO4/c1-6(13)7(2)16-9-5-3-4-8(10(9)11)12(14)15/h3-5,7H,1-2H3. The number of carbonyl (C=O) groups is 1. The van der Waals surface area contributed by atoms with Crippen LogP contribution in [-0.4, -0.2) is 16.8 Å². The van der Waals surface area contributed by atoms with Crippen LogP contribution < -0.4 is 4.74 Å². The molecule has 0 aliphatic carbocycles. The van der Waals surface area contributed by atoms with Gasteiger partial charge in [0.1, 0.15) is 10.2 Å². The van der Waals surface area contributed by atoms with Crippen LogP contribution in [0.4, 0.5) is 5.69 Å². The number of hydrogen-bond acceptors (Lipinski definition) is 4. The number of hydrogen-bond donors (Lipinski definition) is 0. The average Bonchev–Trinajstić information content (AvgIpc) is 2.20. The molecular formula is C10H10BrNO4. The molecule has 0 radical (unpaired) electrons. The van der Waals surface area contributed by atoms with Gasteiger partial charge in [-0.25, -0.2) is 0 Å². The van der Waals surface area contributed by atoms with Crippen LogP contribution in [-0.2, 0) is 4.79 Å². The van der Waals surface area contributed by atoms with E-state index in [2.05, 4.69) is 15.9 Å². The highest BCUT2D eigenvalue weighted by Crippen LogP contribution is 2.34. The zero-order valence-corrected chi connectivity index (χ0v) is 10.4. The van der Waals surface area contributed by atoms with E-state index >= 15 is 0 Å². The molecule has 6 heteroatoms. The Morgan fingerprint density at radius 3 is 2.69 bits per heavy atom. The van der Waals surface area contributed by atoms with Crippen LogP contribution in [0, 0.1) is 10.1 Å². The summed E-state index contributed by atoms with van der Waals surface area (Å²) >= 11 is 3.08. The highest BCUT2D eigenvalue weighted by atomic mass is 79.9. The van der Waals surface area contributed by atoms with Crippen LogP contribution in [0.2, 0.25) is 0 Å². The van der Waals surface area contributed by atoms with Gasteiger partial charge in [-0.2, -0.15) is 0 Å². The van der Waals surface area contributed by atoms with Crippen LogP contribution in [0.3, 0.4) is 0 Å². The van der Waals surface area contributed by atoms with Crippen molar-refractivity contribution in [1.82, 2.24) is 0 Å². The van der Waals surface area contributed by atoms with Gasteiger partial charge in [0.15, 0.2) is 11.9 Å². The summed E-state index contributed by atoms with van der Waals surface area (Å²) in [5, 5.41) is 10.6. The fourth-order valence-electron chi connectivity index (χ4n) is 1.00. The predicted octanol–water partition coefficient (Wildman–Crippen LogP) is 2.71. The van der Waals surface area contributed by atoms with Gasteiger partial charge in [-0.15, -0.1) is 0 Å². The van der Waals surface area contributed by atoms with Crippen molar-refractivity contribution >= 4 is 27.4 Å². The maximum atomic E-state index is 11.0. The second-order valence-corrected chi connectivity index (χ2v) is 4.01. The first-order valence-corrected chi connectivity index (χ1v) is 5.32. The zero-order valence-electron chi connectivity index (χ0n) is 8.77. The lowest BCUT2D eigenvalue weighted by Crippen LogP contribution is -2.20. The maximum absolute atomic E-state index is 11.0. The quantitative estimate of drug-likeness (QED) is 0.631. The number of benzene rings is 1. The van der Waals surface area contributed by atoms with Gasteiger partial charge in [0.05, 0.1) is 4.92 Å². The Kier molecular flexibility index (Phi) is 4.00. The lowest BCUT2D eigenvalue weighted by molar-refractivity contribution is -0.385. The maximum Gasteiger partial charge on any atom is 0.287 e. The van der Waals surface area contributed by atoms with Crippen molar-refractivity contribution in [3.05, 3.63) is 32.8 Å². The van der Waals surface area contributed by atoms with E-state index in [1.165, 1.54) is 19.1 Å². The lowest BCUT2D eigenvalue weighted by atomic mass is 10.2. The Hall–Kier alpha value is -1.43. The van der Waals surface area contributed by atoms with E-state index in [9.17, 15) is 14.9 Å². The molecule has 0 bridgehead atoms. The van der Waals surface area contributed by atoms with E-state index in [-0.39, 0.29) is 21.7 Å². The molecule has 1 rings (SSSR count). The van der Waals surface area contributed by atoms with Crippen LogP contribution >= 0.6 is 15.9 Å². The Balaban J connectivity index is 3.02. The molecule has 16 heavy (non-hydrogen) atoms. The smallest absolute Gasteiger partial charge is 0.287 e. The number of nitro benzene ring substituents is 1. The molecule has 5 nitrogen and oxygen atoms in total. The predicted molar refractivity (Wildman–Crippen MR) is 61.6 cm³/mol. The number of ketones is 1. The third kappa shape index (κ3) is 2.79. The first kappa shape index (κ1) is 12.6. The summed E-state index contributed by atoms with van der Waals surface area (Å²) in [6, 6.07) is 4.43. The van der Waals surface area contributed by atoms with E-state index in [0.717, 1.165) is 0 Å². The first-order valence-electron chi connectivity index (χ1n) is 4.53. The minimum Gasteiger partial charge on any atom is -0.482 e. The minimum absolute atomic E-state index is 0.0896. The van der Waals surface area contributed by atoms with Gasteiger partial charge >= 0.3 is 0 Å². The molecule has 0 heterocycles. The van der Waals surface area contributed by atoms with E-state index in [0.29, 0.717) is 0 Å². The van der Waals surface area contributed by atoms with Crippen LogP contribution in [0.15, 0.2) is 22.7 Å². The SMILES string of the molecule is CC(=O)C(C)Oc1cccc([N+](=O)[O-])c1Br. The molecule has 0 saturated carbocycles. The summed E-state index contributed by atoms with van der Waals surface area (Å²) in [5.74, 6) is 0.148. The monoisotopic (exact) mass is 287 g/mol. The molecule has 1 unspecified atom stereocenters. The van der Waals surface area contributed by atoms with Gasteiger partial charge < -0.3 is 4.74 Å². The van der Waals surface area contributed by atoms with Gasteiger partial charge in [0, 0.05) is 6.07 Å². The number of ether oxygens (including phenoxy) is 1. The number of carbonyl (C=O) groups excluding carboxylic acids is 1. The molecule has 0 aliphatic heterocycles. The number of halogens is 1. The van der Waals surface area contributed by atoms with Crippen molar-refractivity contribution in [1.29, 1.82) is 0 Å². The van der Waals surface area contributed by atoms with Gasteiger partial charge in [-0.1, -0.05) is 6.07 Å². The molecule has 1 atom stereocenters. The fourth-order valence-corrected chi connectivity index (χ4v) is 1.51. The summed E-state index contributed by atoms with van der Waals surface area (Å²) in [5.41, 5.74) is -0.0896. The average molecular weight is 288 g/mol. The van der Waals surface area contributed by atoms with Crippen molar-refractivity contribution in [3.8, 4) is 5.75 Å². The Bertz CT molecular complexity index is 433. The van der Waals surface area contributed by atoms with Crippen molar-refractivity contribution < 1.29 is 14.5 Å². The normalized spacial score (nSPS) is 11.9. The molecule has 0 aromatic heterocycles. The molecule has 0 aliphatic rings. The summed E-state index contributed by atoms with van der Waals surface area (Å²) in [6.45, 7) is 2.99. The van der Waals surface area contributed by atoms with Crippen LogP contribution in [0.25, 0.3) is 0 Å². The zero-order chi connectivity index (χ0) is 12.3. The minimum atomic E-state index is -0.627. The van der Waals surface area contributed by atoms with E-state index < -0.39 is 11.0 Å². The van der Waals surface area contributed by atoms with Gasteiger partial charge in [-0.05, 0) is 35.8 Å². The first-order chi connectivity index (χ1) is 7.43. The van der Waals surface area contributed by atoms with Gasteiger partial charge in [-0.3, -0.25) is 14.9 Å². The van der Waals surface area contributed by atoms with E-state index in [1.54, 1.807) is 13.0 Å². The Morgan fingerprint density at radius 2 is 2.19 bits per heavy atom. The number of nitrogens with zero attached hydrogens (tertiary/aromatic N) is 1. The second kappa shape index (κ2) is 5.07. The number of rotatable bonds is 4. The summed E-state index contributed by atoms with van der Waals surface area (Å²) < 4.78 is 5.54. The molecule has 0 N–H and O–H groups in total.